The van der Waals surface area contributed by atoms with Gasteiger partial charge in [0, 0.05) is 36.9 Å². The number of hydrogen-bond donors (Lipinski definition) is 1. The molecule has 0 saturated heterocycles. The van der Waals surface area contributed by atoms with Crippen molar-refractivity contribution in [3.8, 4) is 11.4 Å². The number of aryl methyl sites for hydroxylation is 2. The Hall–Kier alpha value is -2.54. The topological polar surface area (TPSA) is 71.0 Å². The minimum atomic E-state index is -0.359. The number of likely N-dealkylation sites (N-methyl/N-ethyl adjacent to an activating group) is 1. The number of amides is 1. The van der Waals surface area contributed by atoms with E-state index in [4.69, 9.17) is 9.97 Å². The quantitative estimate of drug-likeness (QED) is 0.767. The van der Waals surface area contributed by atoms with Crippen molar-refractivity contribution in [1.82, 2.24) is 19.9 Å². The maximum absolute atomic E-state index is 12.3. The van der Waals surface area contributed by atoms with Crippen LogP contribution in [0.1, 0.15) is 23.8 Å². The number of anilines is 1. The number of fused-ring (bicyclic) bond motifs is 3. The molecule has 134 valence electrons. The maximum atomic E-state index is 12.3. The molecule has 1 aliphatic rings. The summed E-state index contributed by atoms with van der Waals surface area (Å²) >= 11 is 1.74. The van der Waals surface area contributed by atoms with Gasteiger partial charge in [0.1, 0.15) is 16.7 Å². The highest BCUT2D eigenvalue weighted by Gasteiger charge is 2.24. The fraction of sp³-hybridized carbons (Fsp3) is 0.368. The van der Waals surface area contributed by atoms with E-state index >= 15 is 0 Å². The molecule has 3 aromatic heterocycles. The van der Waals surface area contributed by atoms with Gasteiger partial charge in [-0.2, -0.15) is 0 Å². The van der Waals surface area contributed by atoms with Crippen molar-refractivity contribution < 1.29 is 4.79 Å². The molecule has 0 saturated carbocycles. The predicted molar refractivity (Wildman–Crippen MR) is 104 cm³/mol. The molecule has 1 N–H and O–H groups in total. The van der Waals surface area contributed by atoms with Gasteiger partial charge in [0.2, 0.25) is 5.91 Å². The molecule has 0 radical (unpaired) electrons. The van der Waals surface area contributed by atoms with Gasteiger partial charge in [-0.1, -0.05) is 0 Å². The smallest absolute Gasteiger partial charge is 0.244 e. The highest BCUT2D eigenvalue weighted by molar-refractivity contribution is 7.19. The molecule has 0 fully saturated rings. The molecule has 1 amide bonds. The van der Waals surface area contributed by atoms with Crippen LogP contribution in [0.5, 0.6) is 0 Å². The Kier molecular flexibility index (Phi) is 4.32. The van der Waals surface area contributed by atoms with E-state index in [0.29, 0.717) is 5.82 Å². The number of pyridine rings is 1. The number of nitrogens with zero attached hydrogens (tertiary/aromatic N) is 4. The summed E-state index contributed by atoms with van der Waals surface area (Å²) in [5.41, 5.74) is 2.22. The van der Waals surface area contributed by atoms with Crippen molar-refractivity contribution in [2.24, 2.45) is 0 Å². The molecule has 0 spiro atoms. The average molecular weight is 367 g/mol. The van der Waals surface area contributed by atoms with E-state index in [1.807, 2.05) is 19.1 Å². The van der Waals surface area contributed by atoms with Crippen molar-refractivity contribution in [2.75, 3.05) is 19.4 Å². The Morgan fingerprint density at radius 1 is 1.31 bits per heavy atom. The van der Waals surface area contributed by atoms with Crippen LogP contribution in [0.25, 0.3) is 21.6 Å². The van der Waals surface area contributed by atoms with E-state index in [9.17, 15) is 4.79 Å². The van der Waals surface area contributed by atoms with Gasteiger partial charge in [-0.15, -0.1) is 11.3 Å². The molecule has 3 heterocycles. The molecule has 1 aliphatic carbocycles. The molecule has 7 heteroatoms. The van der Waals surface area contributed by atoms with Crippen LogP contribution in [0, 0.1) is 0 Å². The van der Waals surface area contributed by atoms with Crippen LogP contribution < -0.4 is 5.32 Å². The number of thiophene rings is 1. The zero-order valence-corrected chi connectivity index (χ0v) is 15.9. The van der Waals surface area contributed by atoms with Gasteiger partial charge < -0.3 is 10.2 Å². The molecule has 0 aromatic carbocycles. The first-order valence-electron chi connectivity index (χ1n) is 8.75. The van der Waals surface area contributed by atoms with Gasteiger partial charge in [0.15, 0.2) is 5.82 Å². The SMILES string of the molecule is C[C@H](Nc1nc(-c2cccnc2)nc2sc3c(c12)CCC3)C(=O)N(C)C. The van der Waals surface area contributed by atoms with Crippen molar-refractivity contribution in [3.05, 3.63) is 35.0 Å². The van der Waals surface area contributed by atoms with Crippen LogP contribution >= 0.6 is 11.3 Å². The Bertz CT molecular complexity index is 967. The van der Waals surface area contributed by atoms with Crippen LogP contribution in [-0.4, -0.2) is 45.9 Å². The maximum Gasteiger partial charge on any atom is 0.244 e. The lowest BCUT2D eigenvalue weighted by Gasteiger charge is -2.19. The summed E-state index contributed by atoms with van der Waals surface area (Å²) in [7, 11) is 3.53. The van der Waals surface area contributed by atoms with E-state index in [1.165, 1.54) is 16.9 Å². The Labute approximate surface area is 156 Å². The Balaban J connectivity index is 1.84. The van der Waals surface area contributed by atoms with E-state index in [1.54, 1.807) is 42.7 Å². The van der Waals surface area contributed by atoms with Crippen molar-refractivity contribution in [2.45, 2.75) is 32.2 Å². The lowest BCUT2D eigenvalue weighted by Crippen LogP contribution is -2.37. The van der Waals surface area contributed by atoms with E-state index < -0.39 is 0 Å². The number of hydrogen-bond acceptors (Lipinski definition) is 6. The van der Waals surface area contributed by atoms with Crippen LogP contribution in [-0.2, 0) is 17.6 Å². The molecule has 6 nitrogen and oxygen atoms in total. The largest absolute Gasteiger partial charge is 0.358 e. The molecular weight excluding hydrogens is 346 g/mol. The van der Waals surface area contributed by atoms with Crippen molar-refractivity contribution in [3.63, 3.8) is 0 Å². The van der Waals surface area contributed by atoms with Crippen molar-refractivity contribution >= 4 is 33.3 Å². The zero-order chi connectivity index (χ0) is 18.3. The van der Waals surface area contributed by atoms with E-state index in [-0.39, 0.29) is 11.9 Å². The minimum Gasteiger partial charge on any atom is -0.358 e. The normalized spacial score (nSPS) is 14.3. The second kappa shape index (κ2) is 6.64. The minimum absolute atomic E-state index is 0.0200. The highest BCUT2D eigenvalue weighted by Crippen LogP contribution is 2.40. The molecular formula is C19H21N5OS. The van der Waals surface area contributed by atoms with Gasteiger partial charge >= 0.3 is 0 Å². The molecule has 4 rings (SSSR count). The van der Waals surface area contributed by atoms with Crippen LogP contribution in [0.2, 0.25) is 0 Å². The lowest BCUT2D eigenvalue weighted by molar-refractivity contribution is -0.129. The summed E-state index contributed by atoms with van der Waals surface area (Å²) < 4.78 is 0. The Morgan fingerprint density at radius 3 is 2.88 bits per heavy atom. The molecule has 1 atom stereocenters. The molecule has 26 heavy (non-hydrogen) atoms. The summed E-state index contributed by atoms with van der Waals surface area (Å²) in [6, 6.07) is 3.47. The van der Waals surface area contributed by atoms with Crippen LogP contribution in [0.3, 0.4) is 0 Å². The van der Waals surface area contributed by atoms with Crippen LogP contribution in [0.4, 0.5) is 5.82 Å². The Morgan fingerprint density at radius 2 is 2.15 bits per heavy atom. The molecule has 0 aliphatic heterocycles. The van der Waals surface area contributed by atoms with Gasteiger partial charge in [-0.05, 0) is 43.9 Å². The molecule has 0 unspecified atom stereocenters. The van der Waals surface area contributed by atoms with Gasteiger partial charge in [0.05, 0.1) is 5.39 Å². The van der Waals surface area contributed by atoms with E-state index in [0.717, 1.165) is 34.4 Å². The molecule has 0 bridgehead atoms. The summed E-state index contributed by atoms with van der Waals surface area (Å²) in [4.78, 5) is 30.0. The first-order chi connectivity index (χ1) is 12.5. The molecule has 3 aromatic rings. The number of carbonyl (C=O) groups excluding carboxylic acids is 1. The predicted octanol–water partition coefficient (Wildman–Crippen LogP) is 3.13. The number of nitrogens with one attached hydrogen (secondary N) is 1. The van der Waals surface area contributed by atoms with Crippen LogP contribution in [0.15, 0.2) is 24.5 Å². The summed E-state index contributed by atoms with van der Waals surface area (Å²) in [6.45, 7) is 1.87. The summed E-state index contributed by atoms with van der Waals surface area (Å²) in [5, 5.41) is 4.41. The fourth-order valence-corrected chi connectivity index (χ4v) is 4.64. The average Bonchev–Trinajstić information content (AvgIpc) is 3.22. The standard InChI is InChI=1S/C19H21N5OS/c1-11(19(25)24(2)3)21-17-15-13-7-4-8-14(13)26-18(15)23-16(22-17)12-6-5-9-20-10-12/h5-6,9-11H,4,7-8H2,1-3H3,(H,21,22,23)/t11-/m0/s1. The van der Waals surface area contributed by atoms with Gasteiger partial charge in [-0.3, -0.25) is 9.78 Å². The number of rotatable bonds is 4. The van der Waals surface area contributed by atoms with Crippen molar-refractivity contribution in [1.29, 1.82) is 0 Å². The fourth-order valence-electron chi connectivity index (χ4n) is 3.38. The third-order valence-electron chi connectivity index (χ3n) is 4.65. The number of carbonyl (C=O) groups is 1. The first-order valence-corrected chi connectivity index (χ1v) is 9.56. The third kappa shape index (κ3) is 2.92. The summed E-state index contributed by atoms with van der Waals surface area (Å²) in [5.74, 6) is 1.40. The highest BCUT2D eigenvalue weighted by atomic mass is 32.1. The van der Waals surface area contributed by atoms with Gasteiger partial charge in [-0.25, -0.2) is 9.97 Å². The van der Waals surface area contributed by atoms with Gasteiger partial charge in [0.25, 0.3) is 0 Å². The number of aromatic nitrogens is 3. The zero-order valence-electron chi connectivity index (χ0n) is 15.1. The summed E-state index contributed by atoms with van der Waals surface area (Å²) in [6.07, 6.45) is 6.83. The third-order valence-corrected chi connectivity index (χ3v) is 5.83. The second-order valence-corrected chi connectivity index (χ2v) is 7.86. The second-order valence-electron chi connectivity index (χ2n) is 6.77. The first kappa shape index (κ1) is 16.9. The van der Waals surface area contributed by atoms with E-state index in [2.05, 4.69) is 10.3 Å². The monoisotopic (exact) mass is 367 g/mol. The lowest BCUT2D eigenvalue weighted by atomic mass is 10.1.